The lowest BCUT2D eigenvalue weighted by molar-refractivity contribution is 0.173. The van der Waals surface area contributed by atoms with Crippen molar-refractivity contribution in [3.8, 4) is 0 Å². The molecule has 0 bridgehead atoms. The summed E-state index contributed by atoms with van der Waals surface area (Å²) in [5, 5.41) is 12.4. The molecule has 2 heterocycles. The lowest BCUT2D eigenvalue weighted by atomic mass is 10.1. The SMILES string of the molecule is Cc1cc(N2CCCC2C[O])nc2ccccc12. The third kappa shape index (κ3) is 1.85. The van der Waals surface area contributed by atoms with Gasteiger partial charge < -0.3 is 4.90 Å². The number of rotatable bonds is 2. The minimum atomic E-state index is -0.0342. The molecule has 1 aromatic carbocycles. The van der Waals surface area contributed by atoms with Crippen molar-refractivity contribution in [3.05, 3.63) is 35.9 Å². The minimum absolute atomic E-state index is 0.0342. The van der Waals surface area contributed by atoms with Gasteiger partial charge in [-0.15, -0.1) is 0 Å². The summed E-state index contributed by atoms with van der Waals surface area (Å²) >= 11 is 0. The summed E-state index contributed by atoms with van der Waals surface area (Å²) in [6.45, 7) is 3.03. The summed E-state index contributed by atoms with van der Waals surface area (Å²) in [5.41, 5.74) is 2.25. The minimum Gasteiger partial charge on any atom is -0.351 e. The van der Waals surface area contributed by atoms with Crippen LogP contribution in [0.5, 0.6) is 0 Å². The second-order valence-electron chi connectivity index (χ2n) is 4.97. The predicted octanol–water partition coefficient (Wildman–Crippen LogP) is 2.94. The molecule has 3 nitrogen and oxygen atoms in total. The van der Waals surface area contributed by atoms with E-state index in [-0.39, 0.29) is 12.6 Å². The number of aromatic nitrogens is 1. The van der Waals surface area contributed by atoms with Crippen LogP contribution in [0.3, 0.4) is 0 Å². The molecule has 1 atom stereocenters. The zero-order valence-electron chi connectivity index (χ0n) is 10.6. The van der Waals surface area contributed by atoms with Gasteiger partial charge in [0.15, 0.2) is 0 Å². The van der Waals surface area contributed by atoms with Gasteiger partial charge in [0.1, 0.15) is 12.4 Å². The molecule has 2 aromatic rings. The van der Waals surface area contributed by atoms with Gasteiger partial charge >= 0.3 is 0 Å². The fraction of sp³-hybridized carbons (Fsp3) is 0.400. The van der Waals surface area contributed by atoms with Crippen molar-refractivity contribution in [1.29, 1.82) is 0 Å². The molecule has 18 heavy (non-hydrogen) atoms. The smallest absolute Gasteiger partial charge is 0.129 e. The number of benzene rings is 1. The summed E-state index contributed by atoms with van der Waals surface area (Å²) < 4.78 is 0. The van der Waals surface area contributed by atoms with Crippen LogP contribution in [0.2, 0.25) is 0 Å². The summed E-state index contributed by atoms with van der Waals surface area (Å²) in [7, 11) is 0. The lowest BCUT2D eigenvalue weighted by Crippen LogP contribution is -2.32. The molecule has 0 aliphatic carbocycles. The predicted molar refractivity (Wildman–Crippen MR) is 72.4 cm³/mol. The average Bonchev–Trinajstić information content (AvgIpc) is 2.87. The standard InChI is InChI=1S/C15H17N2O/c1-11-9-15(17-8-4-5-12(17)10-18)16-14-7-3-2-6-13(11)14/h2-3,6-7,9,12H,4-5,8,10H2,1H3. The van der Waals surface area contributed by atoms with E-state index >= 15 is 0 Å². The van der Waals surface area contributed by atoms with Crippen LogP contribution in [0, 0.1) is 6.92 Å². The van der Waals surface area contributed by atoms with Crippen molar-refractivity contribution in [1.82, 2.24) is 4.98 Å². The topological polar surface area (TPSA) is 36.0 Å². The Hall–Kier alpha value is -1.61. The molecule has 0 amide bonds. The van der Waals surface area contributed by atoms with Crippen molar-refractivity contribution in [2.45, 2.75) is 25.8 Å². The monoisotopic (exact) mass is 241 g/mol. The molecule has 3 rings (SSSR count). The van der Waals surface area contributed by atoms with Gasteiger partial charge in [0.05, 0.1) is 11.6 Å². The van der Waals surface area contributed by atoms with Gasteiger partial charge in [-0.25, -0.2) is 10.1 Å². The summed E-state index contributed by atoms with van der Waals surface area (Å²) in [6.07, 6.45) is 2.09. The molecule has 0 spiro atoms. The van der Waals surface area contributed by atoms with Gasteiger partial charge in [0.25, 0.3) is 0 Å². The summed E-state index contributed by atoms with van der Waals surface area (Å²) in [5.74, 6) is 0.963. The van der Waals surface area contributed by atoms with E-state index in [0.717, 1.165) is 30.7 Å². The van der Waals surface area contributed by atoms with Crippen LogP contribution in [0.25, 0.3) is 10.9 Å². The average molecular weight is 241 g/mol. The van der Waals surface area contributed by atoms with Gasteiger partial charge in [-0.3, -0.25) is 0 Å². The number of hydrogen-bond acceptors (Lipinski definition) is 2. The molecule has 93 valence electrons. The highest BCUT2D eigenvalue weighted by molar-refractivity contribution is 5.83. The highest BCUT2D eigenvalue weighted by Gasteiger charge is 2.25. The molecule has 1 radical (unpaired) electrons. The number of nitrogens with zero attached hydrogens (tertiary/aromatic N) is 2. The number of anilines is 1. The Balaban J connectivity index is 2.07. The van der Waals surface area contributed by atoms with Crippen molar-refractivity contribution in [3.63, 3.8) is 0 Å². The Kier molecular flexibility index (Phi) is 2.92. The maximum absolute atomic E-state index is 11.2. The first kappa shape index (κ1) is 11.5. The Morgan fingerprint density at radius 1 is 1.39 bits per heavy atom. The van der Waals surface area contributed by atoms with Crippen molar-refractivity contribution >= 4 is 16.7 Å². The van der Waals surface area contributed by atoms with Crippen molar-refractivity contribution < 1.29 is 5.11 Å². The first-order valence-electron chi connectivity index (χ1n) is 6.51. The third-order valence-electron chi connectivity index (χ3n) is 3.77. The normalized spacial score (nSPS) is 19.7. The summed E-state index contributed by atoms with van der Waals surface area (Å²) in [4.78, 5) is 6.88. The molecule has 3 heteroatoms. The fourth-order valence-electron chi connectivity index (χ4n) is 2.79. The highest BCUT2D eigenvalue weighted by atomic mass is 16.3. The Morgan fingerprint density at radius 2 is 2.22 bits per heavy atom. The van der Waals surface area contributed by atoms with Gasteiger partial charge in [-0.2, -0.15) is 0 Å². The number of pyridine rings is 1. The quantitative estimate of drug-likeness (QED) is 0.810. The van der Waals surface area contributed by atoms with Crippen LogP contribution in [0.1, 0.15) is 18.4 Å². The van der Waals surface area contributed by atoms with E-state index in [4.69, 9.17) is 4.98 Å². The maximum atomic E-state index is 11.2. The molecule has 1 aromatic heterocycles. The largest absolute Gasteiger partial charge is 0.351 e. The third-order valence-corrected chi connectivity index (χ3v) is 3.77. The zero-order valence-corrected chi connectivity index (χ0v) is 10.6. The molecular formula is C15H17N2O. The van der Waals surface area contributed by atoms with Gasteiger partial charge in [0.2, 0.25) is 0 Å². The van der Waals surface area contributed by atoms with E-state index in [1.807, 2.05) is 18.2 Å². The van der Waals surface area contributed by atoms with E-state index < -0.39 is 0 Å². The Labute approximate surface area is 107 Å². The van der Waals surface area contributed by atoms with Crippen LogP contribution in [0.4, 0.5) is 5.82 Å². The van der Waals surface area contributed by atoms with Crippen LogP contribution in [-0.2, 0) is 5.11 Å². The molecule has 0 N–H and O–H groups in total. The number of fused-ring (bicyclic) bond motifs is 1. The molecule has 0 saturated carbocycles. The van der Waals surface area contributed by atoms with Gasteiger partial charge in [0, 0.05) is 11.9 Å². The first-order valence-corrected chi connectivity index (χ1v) is 6.51. The second-order valence-corrected chi connectivity index (χ2v) is 4.97. The zero-order chi connectivity index (χ0) is 12.5. The summed E-state index contributed by atoms with van der Waals surface area (Å²) in [6, 6.07) is 10.4. The molecule has 1 aliphatic rings. The molecule has 1 fully saturated rings. The number of para-hydroxylation sites is 1. The Morgan fingerprint density at radius 3 is 3.06 bits per heavy atom. The fourth-order valence-corrected chi connectivity index (χ4v) is 2.79. The van der Waals surface area contributed by atoms with Crippen LogP contribution < -0.4 is 4.90 Å². The molecule has 1 aliphatic heterocycles. The molecule has 1 unspecified atom stereocenters. The van der Waals surface area contributed by atoms with E-state index in [2.05, 4.69) is 24.0 Å². The van der Waals surface area contributed by atoms with Crippen LogP contribution >= 0.6 is 0 Å². The number of hydrogen-bond donors (Lipinski definition) is 0. The second kappa shape index (κ2) is 4.58. The number of aryl methyl sites for hydroxylation is 1. The van der Waals surface area contributed by atoms with Crippen molar-refractivity contribution in [2.75, 3.05) is 18.1 Å². The first-order chi connectivity index (χ1) is 8.79. The molecular weight excluding hydrogens is 224 g/mol. The Bertz CT molecular complexity index is 567. The lowest BCUT2D eigenvalue weighted by Gasteiger charge is -2.24. The van der Waals surface area contributed by atoms with E-state index in [9.17, 15) is 5.11 Å². The van der Waals surface area contributed by atoms with E-state index in [1.54, 1.807) is 0 Å². The van der Waals surface area contributed by atoms with Crippen molar-refractivity contribution in [2.24, 2.45) is 0 Å². The van der Waals surface area contributed by atoms with Gasteiger partial charge in [-0.05, 0) is 37.5 Å². The molecule has 1 saturated heterocycles. The van der Waals surface area contributed by atoms with E-state index in [1.165, 1.54) is 10.9 Å². The van der Waals surface area contributed by atoms with Gasteiger partial charge in [-0.1, -0.05) is 18.2 Å². The van der Waals surface area contributed by atoms with E-state index in [0.29, 0.717) is 0 Å². The maximum Gasteiger partial charge on any atom is 0.129 e. The van der Waals surface area contributed by atoms with Crippen LogP contribution in [0.15, 0.2) is 30.3 Å². The van der Waals surface area contributed by atoms with Crippen LogP contribution in [-0.4, -0.2) is 24.2 Å². The highest BCUT2D eigenvalue weighted by Crippen LogP contribution is 2.27.